The molecule has 1 aromatic carbocycles. The first-order valence-corrected chi connectivity index (χ1v) is 9.27. The highest BCUT2D eigenvalue weighted by molar-refractivity contribution is 5.94. The van der Waals surface area contributed by atoms with Gasteiger partial charge in [-0.25, -0.2) is 9.38 Å². The van der Waals surface area contributed by atoms with Crippen molar-refractivity contribution in [2.45, 2.75) is 13.3 Å². The van der Waals surface area contributed by atoms with E-state index in [2.05, 4.69) is 20.5 Å². The third-order valence-corrected chi connectivity index (χ3v) is 4.19. The molecular formula is C19H29FN4O3. The van der Waals surface area contributed by atoms with E-state index in [0.717, 1.165) is 26.1 Å². The number of benzene rings is 1. The molecule has 1 aromatic rings. The van der Waals surface area contributed by atoms with Gasteiger partial charge in [0.2, 0.25) is 5.91 Å². The Morgan fingerprint density at radius 2 is 2.26 bits per heavy atom. The molecule has 0 spiro atoms. The Bertz CT molecular complexity index is 627. The van der Waals surface area contributed by atoms with E-state index in [-0.39, 0.29) is 18.3 Å². The molecule has 2 N–H and O–H groups in total. The van der Waals surface area contributed by atoms with Crippen LogP contribution < -0.4 is 10.6 Å². The number of ether oxygens (including phenoxy) is 2. The van der Waals surface area contributed by atoms with Crippen molar-refractivity contribution in [2.24, 2.45) is 10.9 Å². The van der Waals surface area contributed by atoms with E-state index in [9.17, 15) is 9.18 Å². The van der Waals surface area contributed by atoms with E-state index in [1.807, 2.05) is 6.92 Å². The normalized spacial score (nSPS) is 17.2. The minimum Gasteiger partial charge on any atom is -0.382 e. The molecule has 8 heteroatoms. The van der Waals surface area contributed by atoms with E-state index in [4.69, 9.17) is 9.47 Å². The number of aliphatic imine (C=N–C) groups is 1. The quantitative estimate of drug-likeness (QED) is 0.388. The molecule has 1 unspecified atom stereocenters. The molecule has 1 heterocycles. The second kappa shape index (κ2) is 11.5. The van der Waals surface area contributed by atoms with E-state index in [1.165, 1.54) is 12.1 Å². The Morgan fingerprint density at radius 1 is 1.41 bits per heavy atom. The highest BCUT2D eigenvalue weighted by Gasteiger charge is 2.25. The van der Waals surface area contributed by atoms with Gasteiger partial charge in [-0.05, 0) is 31.5 Å². The van der Waals surface area contributed by atoms with E-state index < -0.39 is 0 Å². The summed E-state index contributed by atoms with van der Waals surface area (Å²) in [5.41, 5.74) is 0.426. The molecular weight excluding hydrogens is 351 g/mol. The van der Waals surface area contributed by atoms with Crippen LogP contribution in [0.15, 0.2) is 29.3 Å². The first-order chi connectivity index (χ1) is 13.1. The molecule has 1 aliphatic rings. The van der Waals surface area contributed by atoms with Crippen LogP contribution in [0.3, 0.4) is 0 Å². The average Bonchev–Trinajstić information content (AvgIpc) is 3.11. The van der Waals surface area contributed by atoms with Gasteiger partial charge in [-0.15, -0.1) is 0 Å². The lowest BCUT2D eigenvalue weighted by molar-refractivity contribution is -0.114. The predicted octanol–water partition coefficient (Wildman–Crippen LogP) is 1.71. The van der Waals surface area contributed by atoms with Crippen LogP contribution in [0.25, 0.3) is 0 Å². The number of nitrogens with one attached hydrogen (secondary N) is 2. The van der Waals surface area contributed by atoms with Gasteiger partial charge >= 0.3 is 0 Å². The highest BCUT2D eigenvalue weighted by atomic mass is 19.1. The van der Waals surface area contributed by atoms with Gasteiger partial charge in [0, 0.05) is 38.3 Å². The first kappa shape index (κ1) is 21.1. The van der Waals surface area contributed by atoms with Crippen LogP contribution in [0.1, 0.15) is 13.3 Å². The van der Waals surface area contributed by atoms with E-state index in [0.29, 0.717) is 37.4 Å². The summed E-state index contributed by atoms with van der Waals surface area (Å²) in [5.74, 6) is 0.480. The van der Waals surface area contributed by atoms with Crippen LogP contribution in [0.4, 0.5) is 10.1 Å². The van der Waals surface area contributed by atoms with Crippen molar-refractivity contribution in [3.05, 3.63) is 30.1 Å². The number of rotatable bonds is 9. The number of carbonyl (C=O) groups excluding carboxylic acids is 1. The molecule has 1 amide bonds. The number of anilines is 1. The minimum atomic E-state index is -0.388. The lowest BCUT2D eigenvalue weighted by atomic mass is 10.1. The maximum atomic E-state index is 13.2. The lowest BCUT2D eigenvalue weighted by Crippen LogP contribution is -2.40. The number of carbonyl (C=O) groups is 1. The number of guanidine groups is 1. The van der Waals surface area contributed by atoms with Gasteiger partial charge in [-0.2, -0.15) is 0 Å². The smallest absolute Gasteiger partial charge is 0.246 e. The van der Waals surface area contributed by atoms with Crippen molar-refractivity contribution >= 4 is 17.6 Å². The summed E-state index contributed by atoms with van der Waals surface area (Å²) in [6, 6.07) is 5.81. The van der Waals surface area contributed by atoms with Gasteiger partial charge in [0.1, 0.15) is 12.4 Å². The predicted molar refractivity (Wildman–Crippen MR) is 103 cm³/mol. The summed E-state index contributed by atoms with van der Waals surface area (Å²) in [7, 11) is 1.66. The van der Waals surface area contributed by atoms with Crippen LogP contribution in [0.5, 0.6) is 0 Å². The molecule has 0 aromatic heterocycles. The average molecular weight is 380 g/mol. The largest absolute Gasteiger partial charge is 0.382 e. The van der Waals surface area contributed by atoms with Gasteiger partial charge in [0.25, 0.3) is 0 Å². The minimum absolute atomic E-state index is 0.0235. The zero-order valence-electron chi connectivity index (χ0n) is 16.0. The molecule has 7 nitrogen and oxygen atoms in total. The zero-order valence-corrected chi connectivity index (χ0v) is 16.0. The standard InChI is InChI=1S/C19H29FN4O3/c1-3-21-19(24-8-7-15(13-24)14-27-10-9-26-2)22-12-18(25)23-17-6-4-5-16(20)11-17/h4-6,11,15H,3,7-10,12-14H2,1-2H3,(H,21,22)(H,23,25). The summed E-state index contributed by atoms with van der Waals surface area (Å²) in [5, 5.41) is 5.88. The van der Waals surface area contributed by atoms with Gasteiger partial charge < -0.3 is 25.0 Å². The van der Waals surface area contributed by atoms with Crippen molar-refractivity contribution in [3.8, 4) is 0 Å². The number of hydrogen-bond acceptors (Lipinski definition) is 4. The number of halogens is 1. The van der Waals surface area contributed by atoms with Crippen LogP contribution >= 0.6 is 0 Å². The molecule has 1 atom stereocenters. The molecule has 1 fully saturated rings. The second-order valence-electron chi connectivity index (χ2n) is 6.40. The van der Waals surface area contributed by atoms with Gasteiger partial charge in [-0.1, -0.05) is 6.07 Å². The fraction of sp³-hybridized carbons (Fsp3) is 0.579. The third-order valence-electron chi connectivity index (χ3n) is 4.19. The van der Waals surface area contributed by atoms with Crippen molar-refractivity contribution in [1.29, 1.82) is 0 Å². The Labute approximate surface area is 159 Å². The topological polar surface area (TPSA) is 75.2 Å². The first-order valence-electron chi connectivity index (χ1n) is 9.27. The molecule has 150 valence electrons. The van der Waals surface area contributed by atoms with Gasteiger partial charge in [0.05, 0.1) is 19.8 Å². The molecule has 1 saturated heterocycles. The van der Waals surface area contributed by atoms with Gasteiger partial charge in [-0.3, -0.25) is 4.79 Å². The molecule has 0 saturated carbocycles. The molecule has 27 heavy (non-hydrogen) atoms. The number of methoxy groups -OCH3 is 1. The Morgan fingerprint density at radius 3 is 3.00 bits per heavy atom. The van der Waals surface area contributed by atoms with Crippen LogP contribution in [0, 0.1) is 11.7 Å². The lowest BCUT2D eigenvalue weighted by Gasteiger charge is -2.21. The van der Waals surface area contributed by atoms with E-state index >= 15 is 0 Å². The third kappa shape index (κ3) is 7.52. The fourth-order valence-corrected chi connectivity index (χ4v) is 2.89. The molecule has 1 aliphatic heterocycles. The van der Waals surface area contributed by atoms with Crippen LogP contribution in [-0.2, 0) is 14.3 Å². The number of likely N-dealkylation sites (tertiary alicyclic amines) is 1. The molecule has 0 bridgehead atoms. The van der Waals surface area contributed by atoms with Crippen LogP contribution in [0.2, 0.25) is 0 Å². The molecule has 2 rings (SSSR count). The Kier molecular flexibility index (Phi) is 9.00. The van der Waals surface area contributed by atoms with Crippen molar-refractivity contribution in [3.63, 3.8) is 0 Å². The number of nitrogens with zero attached hydrogens (tertiary/aromatic N) is 2. The summed E-state index contributed by atoms with van der Waals surface area (Å²) in [4.78, 5) is 18.7. The Balaban J connectivity index is 1.83. The van der Waals surface area contributed by atoms with Crippen molar-refractivity contribution < 1.29 is 18.7 Å². The van der Waals surface area contributed by atoms with Crippen molar-refractivity contribution in [1.82, 2.24) is 10.2 Å². The summed E-state index contributed by atoms with van der Waals surface area (Å²) in [6.45, 7) is 6.28. The number of amides is 1. The maximum absolute atomic E-state index is 13.2. The Hall–Kier alpha value is -2.19. The SMILES string of the molecule is CCNC(=NCC(=O)Nc1cccc(F)c1)N1CCC(COCCOC)C1. The fourth-order valence-electron chi connectivity index (χ4n) is 2.89. The van der Waals surface area contributed by atoms with Gasteiger partial charge in [0.15, 0.2) is 5.96 Å². The summed E-state index contributed by atoms with van der Waals surface area (Å²) in [6.07, 6.45) is 1.02. The highest BCUT2D eigenvalue weighted by Crippen LogP contribution is 2.16. The number of hydrogen-bond donors (Lipinski definition) is 2. The summed E-state index contributed by atoms with van der Waals surface area (Å²) >= 11 is 0. The zero-order chi connectivity index (χ0) is 19.5. The van der Waals surface area contributed by atoms with E-state index in [1.54, 1.807) is 19.2 Å². The summed E-state index contributed by atoms with van der Waals surface area (Å²) < 4.78 is 23.8. The van der Waals surface area contributed by atoms with Crippen LogP contribution in [-0.4, -0.2) is 69.9 Å². The molecule has 0 aliphatic carbocycles. The second-order valence-corrected chi connectivity index (χ2v) is 6.40. The monoisotopic (exact) mass is 380 g/mol. The maximum Gasteiger partial charge on any atom is 0.246 e. The van der Waals surface area contributed by atoms with Crippen molar-refractivity contribution in [2.75, 3.05) is 58.4 Å². The molecule has 0 radical (unpaired) electrons.